The second-order valence-electron chi connectivity index (χ2n) is 6.66. The minimum atomic E-state index is -0.746. The van der Waals surface area contributed by atoms with E-state index in [1.54, 1.807) is 13.0 Å². The predicted octanol–water partition coefficient (Wildman–Crippen LogP) is 4.60. The van der Waals surface area contributed by atoms with Gasteiger partial charge in [0, 0.05) is 17.3 Å². The molecule has 0 aliphatic rings. The second kappa shape index (κ2) is 8.44. The summed E-state index contributed by atoms with van der Waals surface area (Å²) in [5.41, 5.74) is 1.12. The van der Waals surface area contributed by atoms with E-state index in [1.165, 1.54) is 28.2 Å². The van der Waals surface area contributed by atoms with Crippen molar-refractivity contribution in [2.45, 2.75) is 20.3 Å². The molecule has 1 amide bonds. The number of amides is 1. The lowest BCUT2D eigenvalue weighted by Gasteiger charge is -2.11. The highest BCUT2D eigenvalue weighted by Gasteiger charge is 2.21. The van der Waals surface area contributed by atoms with Gasteiger partial charge in [0.2, 0.25) is 5.95 Å². The Morgan fingerprint density at radius 2 is 2.13 bits per heavy atom. The zero-order valence-electron chi connectivity index (χ0n) is 16.6. The first kappa shape index (κ1) is 21.0. The van der Waals surface area contributed by atoms with Gasteiger partial charge in [-0.3, -0.25) is 14.6 Å². The first-order valence-corrected chi connectivity index (χ1v) is 10.6. The van der Waals surface area contributed by atoms with E-state index in [2.05, 4.69) is 20.4 Å². The molecule has 1 aromatic carbocycles. The number of nitrogens with one attached hydrogen (secondary N) is 2. The van der Waals surface area contributed by atoms with E-state index >= 15 is 0 Å². The summed E-state index contributed by atoms with van der Waals surface area (Å²) < 4.78 is 15.5. The second-order valence-corrected chi connectivity index (χ2v) is 8.02. The van der Waals surface area contributed by atoms with Gasteiger partial charge < -0.3 is 5.32 Å². The van der Waals surface area contributed by atoms with Gasteiger partial charge in [0.15, 0.2) is 0 Å². The van der Waals surface area contributed by atoms with Crippen LogP contribution in [0.4, 0.5) is 10.2 Å². The molecule has 31 heavy (non-hydrogen) atoms. The lowest BCUT2D eigenvalue weighted by atomic mass is 10.2. The highest BCUT2D eigenvalue weighted by molar-refractivity contribution is 7.13. The van der Waals surface area contributed by atoms with Crippen molar-refractivity contribution in [2.24, 2.45) is 0 Å². The molecule has 158 valence electrons. The van der Waals surface area contributed by atoms with Crippen molar-refractivity contribution >= 4 is 34.7 Å². The maximum Gasteiger partial charge on any atom is 0.261 e. The van der Waals surface area contributed by atoms with Crippen LogP contribution in [0, 0.1) is 12.7 Å². The van der Waals surface area contributed by atoms with Gasteiger partial charge in [-0.1, -0.05) is 30.7 Å². The summed E-state index contributed by atoms with van der Waals surface area (Å²) in [6.45, 7) is 3.60. The minimum absolute atomic E-state index is 0.0169. The molecule has 0 unspecified atom stereocenters. The van der Waals surface area contributed by atoms with Crippen molar-refractivity contribution in [3.63, 3.8) is 0 Å². The Kier molecular flexibility index (Phi) is 5.71. The molecule has 10 heteroatoms. The molecular weight excluding hydrogens is 441 g/mol. The lowest BCUT2D eigenvalue weighted by molar-refractivity contribution is 0.102. The molecule has 0 saturated carbocycles. The molecule has 3 heterocycles. The fourth-order valence-corrected chi connectivity index (χ4v) is 4.11. The maximum absolute atomic E-state index is 14.2. The summed E-state index contributed by atoms with van der Waals surface area (Å²) in [4.78, 5) is 33.3. The third kappa shape index (κ3) is 4.01. The Labute approximate surface area is 185 Å². The van der Waals surface area contributed by atoms with E-state index < -0.39 is 11.7 Å². The smallest absolute Gasteiger partial charge is 0.261 e. The molecule has 0 aliphatic carbocycles. The number of carbonyl (C=O) groups excluding carboxylic acids is 1. The van der Waals surface area contributed by atoms with Crippen LogP contribution in [0.3, 0.4) is 0 Å². The SMILES string of the molecule is CCc1c(C)nc(-n2nc(-c3cccs3)cc2NC(=O)c2c(F)cccc2Cl)[nH]c1=O. The fraction of sp³-hybridized carbons (Fsp3) is 0.143. The predicted molar refractivity (Wildman–Crippen MR) is 119 cm³/mol. The van der Waals surface area contributed by atoms with Gasteiger partial charge in [0.1, 0.15) is 17.3 Å². The van der Waals surface area contributed by atoms with Gasteiger partial charge >= 0.3 is 0 Å². The van der Waals surface area contributed by atoms with E-state index in [0.717, 1.165) is 10.9 Å². The van der Waals surface area contributed by atoms with Crippen LogP contribution in [0.1, 0.15) is 28.5 Å². The molecule has 0 spiro atoms. The number of halogens is 2. The zero-order valence-corrected chi connectivity index (χ0v) is 18.1. The van der Waals surface area contributed by atoms with E-state index in [1.807, 2.05) is 24.4 Å². The Morgan fingerprint density at radius 3 is 2.77 bits per heavy atom. The number of aryl methyl sites for hydroxylation is 1. The van der Waals surface area contributed by atoms with Crippen LogP contribution < -0.4 is 10.9 Å². The maximum atomic E-state index is 14.2. The largest absolute Gasteiger partial charge is 0.306 e. The number of H-pyrrole nitrogens is 1. The van der Waals surface area contributed by atoms with Crippen molar-refractivity contribution in [3.05, 3.63) is 79.8 Å². The van der Waals surface area contributed by atoms with Gasteiger partial charge in [0.05, 0.1) is 15.5 Å². The van der Waals surface area contributed by atoms with Crippen molar-refractivity contribution < 1.29 is 9.18 Å². The number of aromatic nitrogens is 4. The molecule has 0 fully saturated rings. The number of hydrogen-bond acceptors (Lipinski definition) is 5. The molecule has 4 aromatic rings. The molecule has 0 bridgehead atoms. The standard InChI is InChI=1S/C21H17ClFN5O2S/c1-3-12-11(2)24-21(26-19(12)29)28-17(10-15(27-28)16-8-5-9-31-16)25-20(30)18-13(22)6-4-7-14(18)23/h4-10H,3H2,1-2H3,(H,25,30)(H,24,26,29). The van der Waals surface area contributed by atoms with Crippen molar-refractivity contribution in [1.82, 2.24) is 19.7 Å². The van der Waals surface area contributed by atoms with Crippen molar-refractivity contribution in [1.29, 1.82) is 0 Å². The molecular formula is C21H17ClFN5O2S. The average Bonchev–Trinajstić information content (AvgIpc) is 3.37. The first-order valence-electron chi connectivity index (χ1n) is 9.38. The Bertz CT molecular complexity index is 1310. The zero-order chi connectivity index (χ0) is 22.1. The highest BCUT2D eigenvalue weighted by atomic mass is 35.5. The summed E-state index contributed by atoms with van der Waals surface area (Å²) in [7, 11) is 0. The van der Waals surface area contributed by atoms with Gasteiger partial charge in [-0.2, -0.15) is 9.78 Å². The number of anilines is 1. The summed E-state index contributed by atoms with van der Waals surface area (Å²) >= 11 is 7.49. The Morgan fingerprint density at radius 1 is 1.32 bits per heavy atom. The monoisotopic (exact) mass is 457 g/mol. The van der Waals surface area contributed by atoms with Crippen LogP contribution in [-0.4, -0.2) is 25.7 Å². The van der Waals surface area contributed by atoms with Crippen LogP contribution in [0.25, 0.3) is 16.5 Å². The summed E-state index contributed by atoms with van der Waals surface area (Å²) in [5.74, 6) is -1.15. The third-order valence-electron chi connectivity index (χ3n) is 4.68. The molecule has 7 nitrogen and oxygen atoms in total. The first-order chi connectivity index (χ1) is 14.9. The number of rotatable bonds is 5. The van der Waals surface area contributed by atoms with Gasteiger partial charge in [0.25, 0.3) is 11.5 Å². The van der Waals surface area contributed by atoms with E-state index in [9.17, 15) is 14.0 Å². The Hall–Kier alpha value is -3.30. The van der Waals surface area contributed by atoms with Gasteiger partial charge in [-0.15, -0.1) is 11.3 Å². The summed E-state index contributed by atoms with van der Waals surface area (Å²) in [6, 6.07) is 9.37. The number of carbonyl (C=O) groups is 1. The average molecular weight is 458 g/mol. The van der Waals surface area contributed by atoms with Crippen molar-refractivity contribution in [2.75, 3.05) is 5.32 Å². The number of benzene rings is 1. The number of aromatic amines is 1. The van der Waals surface area contributed by atoms with Crippen LogP contribution >= 0.6 is 22.9 Å². The molecule has 0 aliphatic heterocycles. The van der Waals surface area contributed by atoms with Crippen molar-refractivity contribution in [3.8, 4) is 16.5 Å². The molecule has 0 atom stereocenters. The van der Waals surface area contributed by atoms with Crippen LogP contribution in [0.5, 0.6) is 0 Å². The molecule has 0 radical (unpaired) electrons. The number of hydrogen-bond donors (Lipinski definition) is 2. The number of thiophene rings is 1. The quantitative estimate of drug-likeness (QED) is 0.458. The molecule has 3 aromatic heterocycles. The van der Waals surface area contributed by atoms with E-state index in [-0.39, 0.29) is 27.9 Å². The minimum Gasteiger partial charge on any atom is -0.306 e. The summed E-state index contributed by atoms with van der Waals surface area (Å²) in [6.07, 6.45) is 0.531. The lowest BCUT2D eigenvalue weighted by Crippen LogP contribution is -2.22. The fourth-order valence-electron chi connectivity index (χ4n) is 3.18. The van der Waals surface area contributed by atoms with Crippen LogP contribution in [0.15, 0.2) is 46.6 Å². The molecule has 0 saturated heterocycles. The third-order valence-corrected chi connectivity index (χ3v) is 5.89. The van der Waals surface area contributed by atoms with Gasteiger partial charge in [-0.05, 0) is 36.9 Å². The topological polar surface area (TPSA) is 92.7 Å². The Balaban J connectivity index is 1.82. The molecule has 2 N–H and O–H groups in total. The van der Waals surface area contributed by atoms with Crippen LogP contribution in [-0.2, 0) is 6.42 Å². The normalized spacial score (nSPS) is 11.0. The van der Waals surface area contributed by atoms with E-state index in [0.29, 0.717) is 23.4 Å². The van der Waals surface area contributed by atoms with Crippen LogP contribution in [0.2, 0.25) is 5.02 Å². The number of nitrogens with zero attached hydrogens (tertiary/aromatic N) is 3. The highest BCUT2D eigenvalue weighted by Crippen LogP contribution is 2.28. The molecule has 4 rings (SSSR count). The van der Waals surface area contributed by atoms with E-state index in [4.69, 9.17) is 11.6 Å². The summed E-state index contributed by atoms with van der Waals surface area (Å²) in [5, 5.41) is 9.02. The van der Waals surface area contributed by atoms with Gasteiger partial charge in [-0.25, -0.2) is 9.37 Å².